The zero-order valence-electron chi connectivity index (χ0n) is 8.55. The van der Waals surface area contributed by atoms with Gasteiger partial charge in [0.2, 0.25) is 0 Å². The smallest absolute Gasteiger partial charge is 0.0991 e. The van der Waals surface area contributed by atoms with Crippen LogP contribution in [0.25, 0.3) is 0 Å². The Morgan fingerprint density at radius 3 is 2.67 bits per heavy atom. The third-order valence-electron chi connectivity index (χ3n) is 2.02. The van der Waals surface area contributed by atoms with Crippen LogP contribution in [0.1, 0.15) is 23.7 Å². The molecule has 0 fully saturated rings. The van der Waals surface area contributed by atoms with Crippen LogP contribution in [0.4, 0.5) is 0 Å². The molecular formula is C12H13NOS. The van der Waals surface area contributed by atoms with Crippen LogP contribution in [0.5, 0.6) is 0 Å². The normalized spacial score (nSPS) is 12.6. The summed E-state index contributed by atoms with van der Waals surface area (Å²) in [6.45, 7) is 0. The topological polar surface area (TPSA) is 44.0 Å². The fraction of sp³-hybridized carbons (Fsp3) is 0.250. The lowest BCUT2D eigenvalue weighted by atomic mass is 10.1. The maximum atomic E-state index is 9.77. The standard InChI is InChI=1S/C12H13NOS/c1-15-8-2-3-12(14)11-6-4-10(9-13)5-7-11/h2,4-8,12,14H,3H2,1H3/b8-2+/t12-/m1/s1. The van der Waals surface area contributed by atoms with E-state index in [1.807, 2.05) is 23.8 Å². The average molecular weight is 219 g/mol. The van der Waals surface area contributed by atoms with Crippen LogP contribution in [-0.2, 0) is 0 Å². The van der Waals surface area contributed by atoms with Gasteiger partial charge >= 0.3 is 0 Å². The van der Waals surface area contributed by atoms with E-state index in [0.29, 0.717) is 12.0 Å². The van der Waals surface area contributed by atoms with Gasteiger partial charge in [0, 0.05) is 0 Å². The van der Waals surface area contributed by atoms with Gasteiger partial charge in [-0.2, -0.15) is 5.26 Å². The Morgan fingerprint density at radius 1 is 1.47 bits per heavy atom. The van der Waals surface area contributed by atoms with Crippen LogP contribution < -0.4 is 0 Å². The Morgan fingerprint density at radius 2 is 2.13 bits per heavy atom. The molecular weight excluding hydrogens is 206 g/mol. The highest BCUT2D eigenvalue weighted by atomic mass is 32.2. The predicted molar refractivity (Wildman–Crippen MR) is 63.4 cm³/mol. The number of thioether (sulfide) groups is 1. The molecule has 1 rings (SSSR count). The lowest BCUT2D eigenvalue weighted by Crippen LogP contribution is -1.95. The second-order valence-corrected chi connectivity index (χ2v) is 3.84. The molecule has 0 bridgehead atoms. The van der Waals surface area contributed by atoms with Crippen molar-refractivity contribution in [1.82, 2.24) is 0 Å². The van der Waals surface area contributed by atoms with E-state index in [1.54, 1.807) is 36.0 Å². The number of aliphatic hydroxyl groups excluding tert-OH is 1. The summed E-state index contributed by atoms with van der Waals surface area (Å²) in [5.74, 6) is 0. The van der Waals surface area contributed by atoms with Gasteiger partial charge in [0.15, 0.2) is 0 Å². The predicted octanol–water partition coefficient (Wildman–Crippen LogP) is 2.86. The molecule has 0 unspecified atom stereocenters. The number of nitrogens with zero attached hydrogens (tertiary/aromatic N) is 1. The van der Waals surface area contributed by atoms with Gasteiger partial charge in [-0.3, -0.25) is 0 Å². The molecule has 1 N–H and O–H groups in total. The van der Waals surface area contributed by atoms with Crippen molar-refractivity contribution >= 4 is 11.8 Å². The van der Waals surface area contributed by atoms with Crippen molar-refractivity contribution in [1.29, 1.82) is 5.26 Å². The number of hydrogen-bond donors (Lipinski definition) is 1. The first-order valence-corrected chi connectivity index (χ1v) is 5.92. The van der Waals surface area contributed by atoms with Crippen molar-refractivity contribution < 1.29 is 5.11 Å². The SMILES string of the molecule is CS/C=C/C[C@@H](O)c1ccc(C#N)cc1. The summed E-state index contributed by atoms with van der Waals surface area (Å²) in [6.07, 6.45) is 4.03. The highest BCUT2D eigenvalue weighted by molar-refractivity contribution is 8.01. The Hall–Kier alpha value is -1.24. The maximum Gasteiger partial charge on any atom is 0.0991 e. The van der Waals surface area contributed by atoms with Crippen LogP contribution in [0.2, 0.25) is 0 Å². The van der Waals surface area contributed by atoms with Crippen LogP contribution in [0.15, 0.2) is 35.7 Å². The van der Waals surface area contributed by atoms with E-state index in [0.717, 1.165) is 5.56 Å². The van der Waals surface area contributed by atoms with E-state index in [1.165, 1.54) is 0 Å². The van der Waals surface area contributed by atoms with E-state index < -0.39 is 6.10 Å². The number of nitriles is 1. The molecule has 78 valence electrons. The molecule has 0 heterocycles. The second-order valence-electron chi connectivity index (χ2n) is 3.09. The summed E-state index contributed by atoms with van der Waals surface area (Å²) in [5, 5.41) is 20.3. The minimum atomic E-state index is -0.485. The first kappa shape index (κ1) is 11.8. The van der Waals surface area contributed by atoms with Crippen molar-refractivity contribution in [3.05, 3.63) is 46.9 Å². The van der Waals surface area contributed by atoms with E-state index >= 15 is 0 Å². The van der Waals surface area contributed by atoms with E-state index in [2.05, 4.69) is 0 Å². The van der Waals surface area contributed by atoms with Gasteiger partial charge in [-0.05, 0) is 35.8 Å². The zero-order valence-corrected chi connectivity index (χ0v) is 9.37. The first-order chi connectivity index (χ1) is 7.27. The first-order valence-electron chi connectivity index (χ1n) is 4.64. The summed E-state index contributed by atoms with van der Waals surface area (Å²) in [5.41, 5.74) is 1.46. The van der Waals surface area contributed by atoms with Gasteiger partial charge < -0.3 is 5.11 Å². The summed E-state index contributed by atoms with van der Waals surface area (Å²) in [4.78, 5) is 0. The lowest BCUT2D eigenvalue weighted by Gasteiger charge is -2.07. The van der Waals surface area contributed by atoms with Crippen molar-refractivity contribution in [2.75, 3.05) is 6.26 Å². The van der Waals surface area contributed by atoms with Gasteiger partial charge in [-0.1, -0.05) is 18.2 Å². The Labute approximate surface area is 94.2 Å². The highest BCUT2D eigenvalue weighted by Gasteiger charge is 2.04. The zero-order chi connectivity index (χ0) is 11.1. The molecule has 0 spiro atoms. The Balaban J connectivity index is 2.62. The third kappa shape index (κ3) is 3.78. The lowest BCUT2D eigenvalue weighted by molar-refractivity contribution is 0.181. The van der Waals surface area contributed by atoms with Crippen LogP contribution in [0, 0.1) is 11.3 Å². The number of benzene rings is 1. The van der Waals surface area contributed by atoms with Gasteiger partial charge in [0.25, 0.3) is 0 Å². The fourth-order valence-electron chi connectivity index (χ4n) is 1.20. The molecule has 2 nitrogen and oxygen atoms in total. The molecule has 1 atom stereocenters. The molecule has 0 aliphatic rings. The van der Waals surface area contributed by atoms with Gasteiger partial charge in [0.1, 0.15) is 0 Å². The van der Waals surface area contributed by atoms with Crippen molar-refractivity contribution in [2.24, 2.45) is 0 Å². The molecule has 0 aliphatic heterocycles. The quantitative estimate of drug-likeness (QED) is 0.846. The van der Waals surface area contributed by atoms with E-state index in [9.17, 15) is 5.11 Å². The highest BCUT2D eigenvalue weighted by Crippen LogP contribution is 2.17. The molecule has 0 aromatic heterocycles. The van der Waals surface area contributed by atoms with E-state index in [4.69, 9.17) is 5.26 Å². The molecule has 15 heavy (non-hydrogen) atoms. The summed E-state index contributed by atoms with van der Waals surface area (Å²) >= 11 is 1.61. The van der Waals surface area contributed by atoms with Crippen LogP contribution in [-0.4, -0.2) is 11.4 Å². The van der Waals surface area contributed by atoms with Gasteiger partial charge in [-0.25, -0.2) is 0 Å². The molecule has 0 amide bonds. The van der Waals surface area contributed by atoms with Crippen molar-refractivity contribution in [2.45, 2.75) is 12.5 Å². The fourth-order valence-corrected chi connectivity index (χ4v) is 1.50. The minimum absolute atomic E-state index is 0.485. The van der Waals surface area contributed by atoms with Crippen molar-refractivity contribution in [3.8, 4) is 6.07 Å². The Bertz CT molecular complexity index is 364. The molecule has 0 saturated carbocycles. The molecule has 1 aromatic rings. The molecule has 1 aromatic carbocycles. The minimum Gasteiger partial charge on any atom is -0.388 e. The summed E-state index contributed by atoms with van der Waals surface area (Å²) < 4.78 is 0. The average Bonchev–Trinajstić information content (AvgIpc) is 2.29. The number of aliphatic hydroxyl groups is 1. The Kier molecular flexibility index (Phi) is 4.96. The van der Waals surface area contributed by atoms with Crippen molar-refractivity contribution in [3.63, 3.8) is 0 Å². The number of rotatable bonds is 4. The summed E-state index contributed by atoms with van der Waals surface area (Å²) in [6, 6.07) is 9.06. The molecule has 3 heteroatoms. The molecule has 0 aliphatic carbocycles. The van der Waals surface area contributed by atoms with Gasteiger partial charge in [-0.15, -0.1) is 11.8 Å². The largest absolute Gasteiger partial charge is 0.388 e. The van der Waals surface area contributed by atoms with E-state index in [-0.39, 0.29) is 0 Å². The molecule has 0 radical (unpaired) electrons. The second kappa shape index (κ2) is 6.28. The summed E-state index contributed by atoms with van der Waals surface area (Å²) in [7, 11) is 0. The van der Waals surface area contributed by atoms with Crippen LogP contribution >= 0.6 is 11.8 Å². The molecule has 0 saturated heterocycles. The maximum absolute atomic E-state index is 9.77. The number of hydrogen-bond acceptors (Lipinski definition) is 3. The van der Waals surface area contributed by atoms with Crippen LogP contribution in [0.3, 0.4) is 0 Å². The van der Waals surface area contributed by atoms with Gasteiger partial charge in [0.05, 0.1) is 17.7 Å². The monoisotopic (exact) mass is 219 g/mol. The third-order valence-corrected chi connectivity index (χ3v) is 2.48.